The Balaban J connectivity index is 1.70. The number of H-pyrrole nitrogens is 1. The van der Waals surface area contributed by atoms with Crippen LogP contribution in [-0.2, 0) is 4.79 Å². The molecule has 1 fully saturated rings. The maximum Gasteiger partial charge on any atom is 0.326 e. The summed E-state index contributed by atoms with van der Waals surface area (Å²) in [6.45, 7) is 4.11. The van der Waals surface area contributed by atoms with E-state index >= 15 is 0 Å². The smallest absolute Gasteiger partial charge is 0.326 e. The van der Waals surface area contributed by atoms with E-state index in [4.69, 9.17) is 21.3 Å². The molecule has 2 aromatic carbocycles. The van der Waals surface area contributed by atoms with Gasteiger partial charge in [-0.1, -0.05) is 23.7 Å². The van der Waals surface area contributed by atoms with Crippen LogP contribution in [0.3, 0.4) is 0 Å². The zero-order chi connectivity index (χ0) is 27.7. The third-order valence-corrected chi connectivity index (χ3v) is 6.62. The molecular weight excluding hydrogens is 526 g/mol. The Morgan fingerprint density at radius 3 is 2.64 bits per heavy atom. The van der Waals surface area contributed by atoms with Crippen LogP contribution in [0.15, 0.2) is 59.9 Å². The van der Waals surface area contributed by atoms with Crippen LogP contribution in [0.25, 0.3) is 0 Å². The summed E-state index contributed by atoms with van der Waals surface area (Å²) in [4.78, 5) is 52.9. The maximum atomic E-state index is 14.2. The van der Waals surface area contributed by atoms with E-state index in [-0.39, 0.29) is 35.8 Å². The van der Waals surface area contributed by atoms with Crippen molar-refractivity contribution in [3.8, 4) is 5.75 Å². The number of nitrogens with one attached hydrogen (secondary N) is 2. The molecule has 2 aliphatic rings. The van der Waals surface area contributed by atoms with Gasteiger partial charge in [0.2, 0.25) is 5.91 Å². The molecule has 202 valence electrons. The predicted octanol–water partition coefficient (Wildman–Crippen LogP) is 3.86. The van der Waals surface area contributed by atoms with Crippen LogP contribution < -0.4 is 10.1 Å². The van der Waals surface area contributed by atoms with Gasteiger partial charge < -0.3 is 19.9 Å². The average molecular weight is 552 g/mol. The third-order valence-electron chi connectivity index (χ3n) is 6.37. The summed E-state index contributed by atoms with van der Waals surface area (Å²) in [5.74, 6) is 0.673. The van der Waals surface area contributed by atoms with Crippen molar-refractivity contribution >= 4 is 35.1 Å². The maximum absolute atomic E-state index is 14.2. The van der Waals surface area contributed by atoms with Gasteiger partial charge in [-0.2, -0.15) is 0 Å². The van der Waals surface area contributed by atoms with E-state index in [1.807, 2.05) is 12.1 Å². The number of aliphatic imine (C=N–C) groups is 1. The van der Waals surface area contributed by atoms with Crippen molar-refractivity contribution in [2.24, 2.45) is 4.99 Å². The number of benzene rings is 2. The lowest BCUT2D eigenvalue weighted by Crippen LogP contribution is -2.55. The number of nitro groups is 1. The summed E-state index contributed by atoms with van der Waals surface area (Å²) in [5, 5.41) is 14.8. The van der Waals surface area contributed by atoms with E-state index in [2.05, 4.69) is 15.3 Å². The van der Waals surface area contributed by atoms with Crippen molar-refractivity contribution < 1.29 is 19.2 Å². The molecule has 39 heavy (non-hydrogen) atoms. The highest BCUT2D eigenvalue weighted by Gasteiger charge is 2.46. The molecule has 13 heteroatoms. The molecule has 12 nitrogen and oxygen atoms in total. The first-order chi connectivity index (χ1) is 18.7. The summed E-state index contributed by atoms with van der Waals surface area (Å²) in [5.41, 5.74) is 1.02. The Morgan fingerprint density at radius 2 is 2.00 bits per heavy atom. The summed E-state index contributed by atoms with van der Waals surface area (Å²) in [6.07, 6.45) is 2.93. The number of carbonyl (C=O) groups is 2. The lowest BCUT2D eigenvalue weighted by atomic mass is 9.99. The number of amidine groups is 1. The number of urea groups is 1. The van der Waals surface area contributed by atoms with E-state index in [0.29, 0.717) is 29.5 Å². The number of nitro benzene ring substituents is 1. The van der Waals surface area contributed by atoms with Crippen LogP contribution in [0.2, 0.25) is 5.02 Å². The minimum atomic E-state index is -0.712. The molecule has 2 N–H and O–H groups in total. The normalized spacial score (nSPS) is 19.2. The Labute approximate surface area is 228 Å². The number of halogens is 1. The van der Waals surface area contributed by atoms with Crippen LogP contribution in [0, 0.1) is 10.1 Å². The number of piperazine rings is 1. The van der Waals surface area contributed by atoms with Gasteiger partial charge >= 0.3 is 6.03 Å². The van der Waals surface area contributed by atoms with Gasteiger partial charge in [0.15, 0.2) is 0 Å². The van der Waals surface area contributed by atoms with Crippen LogP contribution >= 0.6 is 11.6 Å². The second kappa shape index (κ2) is 10.7. The zero-order valence-electron chi connectivity index (χ0n) is 21.2. The lowest BCUT2D eigenvalue weighted by molar-refractivity contribution is -0.384. The molecule has 0 unspecified atom stereocenters. The van der Waals surface area contributed by atoms with Crippen molar-refractivity contribution in [3.05, 3.63) is 86.9 Å². The number of carbonyl (C=O) groups excluding carboxylic acids is 2. The largest absolute Gasteiger partial charge is 0.490 e. The molecular formula is C26H26ClN7O5. The second-order valence-corrected chi connectivity index (χ2v) is 9.83. The fourth-order valence-corrected chi connectivity index (χ4v) is 4.82. The third kappa shape index (κ3) is 5.28. The quantitative estimate of drug-likeness (QED) is 0.351. The molecule has 3 amide bonds. The van der Waals surface area contributed by atoms with Gasteiger partial charge in [-0.05, 0) is 37.6 Å². The topological polar surface area (TPSA) is 146 Å². The number of nitrogens with zero attached hydrogens (tertiary/aromatic N) is 5. The van der Waals surface area contributed by atoms with Gasteiger partial charge in [0.1, 0.15) is 36.0 Å². The first-order valence-electron chi connectivity index (χ1n) is 12.4. The fourth-order valence-electron chi connectivity index (χ4n) is 4.69. The van der Waals surface area contributed by atoms with Crippen LogP contribution in [0.4, 0.5) is 10.5 Å². The van der Waals surface area contributed by atoms with E-state index in [1.54, 1.807) is 38.4 Å². The summed E-state index contributed by atoms with van der Waals surface area (Å²) < 4.78 is 5.98. The van der Waals surface area contributed by atoms with Crippen LogP contribution in [0.1, 0.15) is 42.9 Å². The number of imidazole rings is 1. The highest BCUT2D eigenvalue weighted by Crippen LogP contribution is 2.44. The summed E-state index contributed by atoms with van der Waals surface area (Å²) >= 11 is 6.15. The van der Waals surface area contributed by atoms with E-state index in [0.717, 1.165) is 5.56 Å². The highest BCUT2D eigenvalue weighted by atomic mass is 35.5. The number of hydrogen-bond acceptors (Lipinski definition) is 7. The molecule has 0 radical (unpaired) electrons. The predicted molar refractivity (Wildman–Crippen MR) is 143 cm³/mol. The number of aromatic nitrogens is 2. The second-order valence-electron chi connectivity index (χ2n) is 9.40. The van der Waals surface area contributed by atoms with Gasteiger partial charge in [0.05, 0.1) is 22.7 Å². The monoisotopic (exact) mass is 551 g/mol. The molecule has 2 aliphatic heterocycles. The Hall–Kier alpha value is -4.45. The first-order valence-corrected chi connectivity index (χ1v) is 12.7. The number of aromatic amines is 1. The van der Waals surface area contributed by atoms with Gasteiger partial charge in [0, 0.05) is 36.6 Å². The Kier molecular flexibility index (Phi) is 7.20. The van der Waals surface area contributed by atoms with Crippen LogP contribution in [0.5, 0.6) is 5.75 Å². The minimum absolute atomic E-state index is 0.116. The minimum Gasteiger partial charge on any atom is -0.490 e. The average Bonchev–Trinajstić information content (AvgIpc) is 3.56. The zero-order valence-corrected chi connectivity index (χ0v) is 22.0. The van der Waals surface area contributed by atoms with E-state index in [1.165, 1.54) is 28.0 Å². The van der Waals surface area contributed by atoms with Crippen LogP contribution in [-0.4, -0.2) is 68.2 Å². The van der Waals surface area contributed by atoms with Crippen molar-refractivity contribution in [3.63, 3.8) is 0 Å². The molecule has 1 saturated heterocycles. The number of ether oxygens (including phenoxy) is 1. The highest BCUT2D eigenvalue weighted by molar-refractivity contribution is 6.30. The standard InChI is InChI=1S/C26H26ClN7O5/c1-15(2)39-20-13-18(34(37)38)7-8-19(20)25-31-22(16-3-5-17(27)6-4-16)23(24-29-9-10-30-24)33(25)26(36)32-12-11-28-21(35)14-32/h3-10,13,15,22-23H,11-12,14H2,1-2H3,(H,28,35)(H,29,30)/t22-,23-/m0/s1. The van der Waals surface area contributed by atoms with Crippen molar-refractivity contribution in [2.75, 3.05) is 19.6 Å². The summed E-state index contributed by atoms with van der Waals surface area (Å²) in [6, 6.07) is 9.57. The Morgan fingerprint density at radius 1 is 1.23 bits per heavy atom. The SMILES string of the molecule is CC(C)Oc1cc([N+](=O)[O-])ccc1C1=N[C@@H](c2ccc(Cl)cc2)[C@@H](c2ncc[nH]2)N1C(=O)N1CCNC(=O)C1. The molecule has 3 heterocycles. The molecule has 0 spiro atoms. The fraction of sp³-hybridized carbons (Fsp3) is 0.308. The van der Waals surface area contributed by atoms with Crippen molar-refractivity contribution in [2.45, 2.75) is 32.0 Å². The number of non-ortho nitro benzene ring substituents is 1. The molecule has 0 bridgehead atoms. The van der Waals surface area contributed by atoms with Gasteiger partial charge in [-0.3, -0.25) is 24.8 Å². The molecule has 3 aromatic rings. The van der Waals surface area contributed by atoms with Gasteiger partial charge in [0.25, 0.3) is 5.69 Å². The lowest BCUT2D eigenvalue weighted by Gasteiger charge is -2.35. The van der Waals surface area contributed by atoms with Crippen molar-refractivity contribution in [1.29, 1.82) is 0 Å². The number of hydrogen-bond donors (Lipinski definition) is 2. The summed E-state index contributed by atoms with van der Waals surface area (Å²) in [7, 11) is 0. The van der Waals surface area contributed by atoms with E-state index < -0.39 is 23.0 Å². The molecule has 0 aliphatic carbocycles. The molecule has 5 rings (SSSR count). The molecule has 1 aromatic heterocycles. The molecule has 0 saturated carbocycles. The number of amides is 3. The Bertz CT molecular complexity index is 1420. The van der Waals surface area contributed by atoms with Gasteiger partial charge in [-0.25, -0.2) is 9.78 Å². The molecule has 2 atom stereocenters. The van der Waals surface area contributed by atoms with Crippen molar-refractivity contribution in [1.82, 2.24) is 25.1 Å². The number of rotatable bonds is 6. The first kappa shape index (κ1) is 26.2. The van der Waals surface area contributed by atoms with E-state index in [9.17, 15) is 19.7 Å². The van der Waals surface area contributed by atoms with Gasteiger partial charge in [-0.15, -0.1) is 0 Å².